The number of ether oxygens (including phenoxy) is 2. The number of carbonyl (C=O) groups is 4. The van der Waals surface area contributed by atoms with Gasteiger partial charge in [0.25, 0.3) is 5.91 Å². The number of aromatic nitrogens is 1. The van der Waals surface area contributed by atoms with Crippen molar-refractivity contribution in [2.75, 3.05) is 32.3 Å². The lowest BCUT2D eigenvalue weighted by molar-refractivity contribution is -0.141. The monoisotopic (exact) mass is 507 g/mol. The summed E-state index contributed by atoms with van der Waals surface area (Å²) in [6, 6.07) is 5.19. The molecule has 9 nitrogen and oxygen atoms in total. The van der Waals surface area contributed by atoms with Crippen molar-refractivity contribution in [1.29, 1.82) is 0 Å². The molecule has 2 heterocycles. The molecule has 0 aliphatic carbocycles. The second-order valence-corrected chi connectivity index (χ2v) is 9.86. The number of amides is 2. The first-order valence-corrected chi connectivity index (χ1v) is 13.1. The Bertz CT molecular complexity index is 1140. The molecule has 1 aliphatic rings. The Hall–Kier alpha value is -2.66. The van der Waals surface area contributed by atoms with Crippen molar-refractivity contribution in [3.05, 3.63) is 28.6 Å². The maximum absolute atomic E-state index is 12.6. The van der Waals surface area contributed by atoms with Crippen molar-refractivity contribution in [3.8, 4) is 0 Å². The Labute approximate surface area is 206 Å². The van der Waals surface area contributed by atoms with Crippen LogP contribution in [0.5, 0.6) is 0 Å². The zero-order valence-corrected chi connectivity index (χ0v) is 21.2. The highest BCUT2D eigenvalue weighted by Gasteiger charge is 2.25. The molecule has 0 radical (unpaired) electrons. The van der Waals surface area contributed by atoms with Gasteiger partial charge in [-0.2, -0.15) is 4.99 Å². The van der Waals surface area contributed by atoms with Crippen molar-refractivity contribution in [2.45, 2.75) is 45.2 Å². The Balaban J connectivity index is 1.75. The minimum Gasteiger partial charge on any atom is -0.468 e. The molecule has 3 rings (SSSR count). The molecule has 0 bridgehead atoms. The Morgan fingerprint density at radius 3 is 2.65 bits per heavy atom. The van der Waals surface area contributed by atoms with E-state index in [-0.39, 0.29) is 30.0 Å². The molecule has 2 aromatic rings. The summed E-state index contributed by atoms with van der Waals surface area (Å²) in [5, 5.41) is 0. The number of benzene rings is 1. The summed E-state index contributed by atoms with van der Waals surface area (Å²) >= 11 is 2.43. The van der Waals surface area contributed by atoms with Gasteiger partial charge in [-0.1, -0.05) is 18.3 Å². The largest absolute Gasteiger partial charge is 0.468 e. The fourth-order valence-corrected chi connectivity index (χ4v) is 5.72. The number of thioether (sulfide) groups is 1. The van der Waals surface area contributed by atoms with Gasteiger partial charge in [0.05, 0.1) is 41.5 Å². The number of hydrogen-bond donors (Lipinski definition) is 0. The van der Waals surface area contributed by atoms with E-state index in [4.69, 9.17) is 9.47 Å². The lowest BCUT2D eigenvalue weighted by Gasteiger charge is -2.35. The number of fused-ring (bicyclic) bond motifs is 1. The summed E-state index contributed by atoms with van der Waals surface area (Å²) in [5.74, 6) is -1.03. The minimum absolute atomic E-state index is 0.0518. The average Bonchev–Trinajstić information content (AvgIpc) is 3.18. The van der Waals surface area contributed by atoms with Gasteiger partial charge in [-0.15, -0.1) is 11.8 Å². The fraction of sp³-hybridized carbons (Fsp3) is 0.522. The number of likely N-dealkylation sites (tertiary alicyclic amines) is 1. The van der Waals surface area contributed by atoms with Crippen LogP contribution in [-0.4, -0.2) is 71.5 Å². The Morgan fingerprint density at radius 2 is 1.94 bits per heavy atom. The predicted molar refractivity (Wildman–Crippen MR) is 131 cm³/mol. The van der Waals surface area contributed by atoms with Gasteiger partial charge < -0.3 is 18.9 Å². The predicted octanol–water partition coefficient (Wildman–Crippen LogP) is 2.61. The average molecular weight is 508 g/mol. The highest BCUT2D eigenvalue weighted by atomic mass is 32.2. The summed E-state index contributed by atoms with van der Waals surface area (Å²) in [6.45, 7) is 2.74. The second kappa shape index (κ2) is 12.2. The zero-order valence-electron chi connectivity index (χ0n) is 19.6. The van der Waals surface area contributed by atoms with E-state index in [0.717, 1.165) is 32.2 Å². The molecule has 11 heteroatoms. The third kappa shape index (κ3) is 6.26. The number of hydrogen-bond acceptors (Lipinski definition) is 8. The summed E-state index contributed by atoms with van der Waals surface area (Å²) in [6.07, 6.45) is 4.14. The molecule has 1 aliphatic heterocycles. The molecule has 1 saturated heterocycles. The topological polar surface area (TPSA) is 107 Å². The molecule has 1 atom stereocenters. The molecule has 34 heavy (non-hydrogen) atoms. The SMILES string of the molecule is CCC1CCCCN1C(=O)CSCC(=O)N=c1sc2cc(C(=O)OC)ccc2n1CC(=O)OC. The number of methoxy groups -OCH3 is 2. The first-order chi connectivity index (χ1) is 16.4. The fourth-order valence-electron chi connectivity index (χ4n) is 3.95. The van der Waals surface area contributed by atoms with Gasteiger partial charge in [0.15, 0.2) is 4.80 Å². The van der Waals surface area contributed by atoms with E-state index in [2.05, 4.69) is 11.9 Å². The van der Waals surface area contributed by atoms with Gasteiger partial charge in [-0.05, 0) is 43.9 Å². The van der Waals surface area contributed by atoms with E-state index in [1.165, 1.54) is 37.3 Å². The van der Waals surface area contributed by atoms with Gasteiger partial charge >= 0.3 is 11.9 Å². The molecule has 184 valence electrons. The van der Waals surface area contributed by atoms with Crippen molar-refractivity contribution >= 4 is 57.1 Å². The van der Waals surface area contributed by atoms with Gasteiger partial charge in [-0.3, -0.25) is 14.4 Å². The van der Waals surface area contributed by atoms with Gasteiger partial charge in [0.2, 0.25) is 5.91 Å². The lowest BCUT2D eigenvalue weighted by atomic mass is 10.0. The summed E-state index contributed by atoms with van der Waals surface area (Å²) in [5.41, 5.74) is 1.00. The first kappa shape index (κ1) is 26.0. The third-order valence-electron chi connectivity index (χ3n) is 5.71. The molecule has 2 amide bonds. The number of piperidine rings is 1. The quantitative estimate of drug-likeness (QED) is 0.506. The second-order valence-electron chi connectivity index (χ2n) is 7.86. The molecule has 1 aromatic carbocycles. The van der Waals surface area contributed by atoms with Crippen LogP contribution in [0.4, 0.5) is 0 Å². The van der Waals surface area contributed by atoms with E-state index in [0.29, 0.717) is 20.6 Å². The smallest absolute Gasteiger partial charge is 0.337 e. The summed E-state index contributed by atoms with van der Waals surface area (Å²) in [4.78, 5) is 55.5. The number of carbonyl (C=O) groups excluding carboxylic acids is 4. The Kier molecular flexibility index (Phi) is 9.28. The first-order valence-electron chi connectivity index (χ1n) is 11.1. The van der Waals surface area contributed by atoms with Crippen molar-refractivity contribution < 1.29 is 28.7 Å². The molecule has 1 unspecified atom stereocenters. The summed E-state index contributed by atoms with van der Waals surface area (Å²) < 4.78 is 11.8. The van der Waals surface area contributed by atoms with Crippen LogP contribution in [0.25, 0.3) is 10.2 Å². The van der Waals surface area contributed by atoms with E-state index in [1.807, 2.05) is 4.90 Å². The molecular weight excluding hydrogens is 478 g/mol. The normalized spacial score (nSPS) is 16.5. The van der Waals surface area contributed by atoms with E-state index < -0.39 is 17.8 Å². The number of esters is 2. The third-order valence-corrected chi connectivity index (χ3v) is 7.65. The highest BCUT2D eigenvalue weighted by molar-refractivity contribution is 8.00. The van der Waals surface area contributed by atoms with Crippen LogP contribution in [0.15, 0.2) is 23.2 Å². The van der Waals surface area contributed by atoms with Crippen LogP contribution in [0.2, 0.25) is 0 Å². The molecular formula is C23H29N3O6S2. The van der Waals surface area contributed by atoms with Crippen LogP contribution in [-0.2, 0) is 30.4 Å². The van der Waals surface area contributed by atoms with Crippen molar-refractivity contribution in [2.24, 2.45) is 4.99 Å². The molecule has 0 spiro atoms. The Morgan fingerprint density at radius 1 is 1.15 bits per heavy atom. The lowest BCUT2D eigenvalue weighted by Crippen LogP contribution is -2.44. The van der Waals surface area contributed by atoms with E-state index >= 15 is 0 Å². The van der Waals surface area contributed by atoms with E-state index in [1.54, 1.807) is 22.8 Å². The van der Waals surface area contributed by atoms with Gasteiger partial charge in [0, 0.05) is 12.6 Å². The summed E-state index contributed by atoms with van der Waals surface area (Å²) in [7, 11) is 2.59. The van der Waals surface area contributed by atoms with Crippen LogP contribution in [0.3, 0.4) is 0 Å². The zero-order chi connectivity index (χ0) is 24.7. The molecule has 0 N–H and O–H groups in total. The van der Waals surface area contributed by atoms with E-state index in [9.17, 15) is 19.2 Å². The maximum atomic E-state index is 12.6. The van der Waals surface area contributed by atoms with Crippen LogP contribution in [0.1, 0.15) is 43.0 Å². The molecule has 1 fully saturated rings. The van der Waals surface area contributed by atoms with Crippen molar-refractivity contribution in [1.82, 2.24) is 9.47 Å². The van der Waals surface area contributed by atoms with Crippen LogP contribution in [0, 0.1) is 0 Å². The number of nitrogens with zero attached hydrogens (tertiary/aromatic N) is 3. The maximum Gasteiger partial charge on any atom is 0.337 e. The number of thiazole rings is 1. The van der Waals surface area contributed by atoms with Crippen molar-refractivity contribution in [3.63, 3.8) is 0 Å². The standard InChI is InChI=1S/C23H29N3O6S2/c1-4-16-7-5-6-10-25(16)20(28)14-33-13-19(27)24-23-26(12-21(29)31-2)17-9-8-15(22(30)32-3)11-18(17)34-23/h8-9,11,16H,4-7,10,12-14H2,1-3H3. The van der Waals surface area contributed by atoms with Gasteiger partial charge in [-0.25, -0.2) is 4.79 Å². The highest BCUT2D eigenvalue weighted by Crippen LogP contribution is 2.21. The van der Waals surface area contributed by atoms with Gasteiger partial charge in [0.1, 0.15) is 6.54 Å². The van der Waals surface area contributed by atoms with Crippen LogP contribution < -0.4 is 4.80 Å². The molecule has 0 saturated carbocycles. The molecule has 1 aromatic heterocycles. The number of rotatable bonds is 8. The minimum atomic E-state index is -0.488. The van der Waals surface area contributed by atoms with Crippen LogP contribution >= 0.6 is 23.1 Å².